The summed E-state index contributed by atoms with van der Waals surface area (Å²) in [7, 11) is 0. The molecule has 5 heteroatoms. The number of carbonyl (C=O) groups is 1. The van der Waals surface area contributed by atoms with Gasteiger partial charge < -0.3 is 15.4 Å². The topological polar surface area (TPSA) is 63.2 Å². The van der Waals surface area contributed by atoms with Crippen molar-refractivity contribution >= 4 is 11.6 Å². The minimum atomic E-state index is -0.0184. The summed E-state index contributed by atoms with van der Waals surface area (Å²) in [5.74, 6) is -0.0184. The van der Waals surface area contributed by atoms with E-state index in [9.17, 15) is 4.79 Å². The number of rotatable bonds is 5. The first-order chi connectivity index (χ1) is 8.84. The Morgan fingerprint density at radius 1 is 1.39 bits per heavy atom. The van der Waals surface area contributed by atoms with E-state index in [2.05, 4.69) is 15.6 Å². The molecule has 2 N–H and O–H groups in total. The third-order valence-corrected chi connectivity index (χ3v) is 2.93. The van der Waals surface area contributed by atoms with Gasteiger partial charge >= 0.3 is 0 Å². The molecule has 0 aromatic carbocycles. The lowest BCUT2D eigenvalue weighted by Crippen LogP contribution is -2.33. The van der Waals surface area contributed by atoms with E-state index in [1.165, 1.54) is 0 Å². The molecule has 0 aliphatic carbocycles. The van der Waals surface area contributed by atoms with Gasteiger partial charge in [-0.05, 0) is 38.1 Å². The molecule has 2 heterocycles. The summed E-state index contributed by atoms with van der Waals surface area (Å²) < 4.78 is 5.68. The molecule has 0 radical (unpaired) electrons. The highest BCUT2D eigenvalue weighted by atomic mass is 16.5. The van der Waals surface area contributed by atoms with Gasteiger partial charge in [-0.1, -0.05) is 0 Å². The summed E-state index contributed by atoms with van der Waals surface area (Å²) in [6.07, 6.45) is 6.08. The van der Waals surface area contributed by atoms with Gasteiger partial charge in [0.1, 0.15) is 0 Å². The fourth-order valence-electron chi connectivity index (χ4n) is 1.94. The molecule has 1 saturated heterocycles. The molecule has 1 fully saturated rings. The number of carbonyl (C=O) groups excluding carboxylic acids is 1. The monoisotopic (exact) mass is 249 g/mol. The van der Waals surface area contributed by atoms with Crippen molar-refractivity contribution in [1.29, 1.82) is 0 Å². The Bertz CT molecular complexity index is 364. The molecule has 1 aliphatic rings. The summed E-state index contributed by atoms with van der Waals surface area (Å²) >= 11 is 0. The van der Waals surface area contributed by atoms with Crippen LogP contribution in [-0.4, -0.2) is 36.7 Å². The van der Waals surface area contributed by atoms with E-state index in [-0.39, 0.29) is 5.91 Å². The highest BCUT2D eigenvalue weighted by molar-refractivity contribution is 5.90. The Morgan fingerprint density at radius 3 is 2.83 bits per heavy atom. The van der Waals surface area contributed by atoms with Crippen molar-refractivity contribution in [2.75, 3.05) is 25.0 Å². The third-order valence-electron chi connectivity index (χ3n) is 2.93. The van der Waals surface area contributed by atoms with Crippen LogP contribution in [-0.2, 0) is 9.53 Å². The molecule has 0 bridgehead atoms. The van der Waals surface area contributed by atoms with Crippen LogP contribution in [0.25, 0.3) is 0 Å². The van der Waals surface area contributed by atoms with Crippen LogP contribution in [0, 0.1) is 0 Å². The summed E-state index contributed by atoms with van der Waals surface area (Å²) in [6, 6.07) is 3.54. The van der Waals surface area contributed by atoms with Crippen LogP contribution in [0.4, 0.5) is 5.69 Å². The molecular weight excluding hydrogens is 230 g/mol. The van der Waals surface area contributed by atoms with E-state index in [0.29, 0.717) is 19.1 Å². The van der Waals surface area contributed by atoms with Gasteiger partial charge in [0, 0.05) is 18.1 Å². The molecule has 1 amide bonds. The van der Waals surface area contributed by atoms with E-state index in [1.54, 1.807) is 24.5 Å². The molecule has 18 heavy (non-hydrogen) atoms. The van der Waals surface area contributed by atoms with Gasteiger partial charge in [0.25, 0.3) is 0 Å². The molecule has 5 nitrogen and oxygen atoms in total. The lowest BCUT2D eigenvalue weighted by atomic mass is 10.1. The summed E-state index contributed by atoms with van der Waals surface area (Å²) in [4.78, 5) is 15.5. The fraction of sp³-hybridized carbons (Fsp3) is 0.538. The molecule has 0 unspecified atom stereocenters. The maximum atomic E-state index is 11.6. The van der Waals surface area contributed by atoms with Crippen molar-refractivity contribution < 1.29 is 9.53 Å². The zero-order valence-electron chi connectivity index (χ0n) is 10.4. The van der Waals surface area contributed by atoms with Gasteiger partial charge in [-0.25, -0.2) is 0 Å². The fourth-order valence-corrected chi connectivity index (χ4v) is 1.94. The van der Waals surface area contributed by atoms with E-state index >= 15 is 0 Å². The maximum Gasteiger partial charge on any atom is 0.226 e. The lowest BCUT2D eigenvalue weighted by molar-refractivity contribution is -0.117. The SMILES string of the molecule is O=C(CCOC1CCNCC1)Nc1ccncc1. The first-order valence-corrected chi connectivity index (χ1v) is 6.37. The number of nitrogens with one attached hydrogen (secondary N) is 2. The Labute approximate surface area is 107 Å². The second-order valence-corrected chi connectivity index (χ2v) is 4.35. The molecule has 1 aromatic rings. The normalized spacial score (nSPS) is 16.4. The predicted molar refractivity (Wildman–Crippen MR) is 69.3 cm³/mol. The van der Waals surface area contributed by atoms with Gasteiger partial charge in [0.2, 0.25) is 5.91 Å². The lowest BCUT2D eigenvalue weighted by Gasteiger charge is -2.22. The van der Waals surface area contributed by atoms with E-state index in [1.807, 2.05) is 0 Å². The smallest absolute Gasteiger partial charge is 0.226 e. The number of nitrogens with zero attached hydrogens (tertiary/aromatic N) is 1. The Kier molecular flexibility index (Phi) is 5.11. The Morgan fingerprint density at radius 2 is 2.11 bits per heavy atom. The molecular formula is C13H19N3O2. The zero-order chi connectivity index (χ0) is 12.6. The van der Waals surface area contributed by atoms with Gasteiger partial charge in [-0.3, -0.25) is 9.78 Å². The van der Waals surface area contributed by atoms with Crippen LogP contribution in [0.3, 0.4) is 0 Å². The molecule has 0 saturated carbocycles. The van der Waals surface area contributed by atoms with Crippen molar-refractivity contribution in [1.82, 2.24) is 10.3 Å². The number of ether oxygens (including phenoxy) is 1. The summed E-state index contributed by atoms with van der Waals surface area (Å²) in [5.41, 5.74) is 0.775. The van der Waals surface area contributed by atoms with Crippen LogP contribution in [0.1, 0.15) is 19.3 Å². The predicted octanol–water partition coefficient (Wildman–Crippen LogP) is 1.18. The van der Waals surface area contributed by atoms with Crippen LogP contribution >= 0.6 is 0 Å². The number of hydrogen-bond donors (Lipinski definition) is 2. The maximum absolute atomic E-state index is 11.6. The van der Waals surface area contributed by atoms with Crippen molar-refractivity contribution in [3.63, 3.8) is 0 Å². The number of aromatic nitrogens is 1. The second kappa shape index (κ2) is 7.08. The first kappa shape index (κ1) is 13.0. The number of pyridine rings is 1. The summed E-state index contributed by atoms with van der Waals surface area (Å²) in [5, 5.41) is 6.09. The minimum absolute atomic E-state index is 0.0184. The van der Waals surface area contributed by atoms with Crippen molar-refractivity contribution in [2.24, 2.45) is 0 Å². The molecule has 0 spiro atoms. The summed E-state index contributed by atoms with van der Waals surface area (Å²) in [6.45, 7) is 2.50. The number of amides is 1. The van der Waals surface area contributed by atoms with Crippen LogP contribution in [0.2, 0.25) is 0 Å². The van der Waals surface area contributed by atoms with E-state index in [4.69, 9.17) is 4.74 Å². The van der Waals surface area contributed by atoms with Crippen LogP contribution in [0.5, 0.6) is 0 Å². The van der Waals surface area contributed by atoms with Crippen molar-refractivity contribution in [3.8, 4) is 0 Å². The molecule has 1 aliphatic heterocycles. The average molecular weight is 249 g/mol. The third kappa shape index (κ3) is 4.43. The minimum Gasteiger partial charge on any atom is -0.378 e. The van der Waals surface area contributed by atoms with Gasteiger partial charge in [0.05, 0.1) is 19.1 Å². The Hall–Kier alpha value is -1.46. The van der Waals surface area contributed by atoms with Crippen LogP contribution in [0.15, 0.2) is 24.5 Å². The Balaban J connectivity index is 1.62. The average Bonchev–Trinajstić information content (AvgIpc) is 2.41. The standard InChI is InChI=1S/C13H19N3O2/c17-13(16-11-1-6-14-7-2-11)5-10-18-12-3-8-15-9-4-12/h1-2,6-7,12,15H,3-5,8-10H2,(H,14,16,17). The first-order valence-electron chi connectivity index (χ1n) is 6.37. The van der Waals surface area contributed by atoms with Crippen molar-refractivity contribution in [3.05, 3.63) is 24.5 Å². The molecule has 0 atom stereocenters. The van der Waals surface area contributed by atoms with E-state index < -0.39 is 0 Å². The van der Waals surface area contributed by atoms with Crippen LogP contribution < -0.4 is 10.6 Å². The molecule has 98 valence electrons. The van der Waals surface area contributed by atoms with Gasteiger partial charge in [-0.15, -0.1) is 0 Å². The second-order valence-electron chi connectivity index (χ2n) is 4.35. The quantitative estimate of drug-likeness (QED) is 0.822. The largest absolute Gasteiger partial charge is 0.378 e. The highest BCUT2D eigenvalue weighted by Crippen LogP contribution is 2.08. The number of piperidine rings is 1. The van der Waals surface area contributed by atoms with E-state index in [0.717, 1.165) is 31.6 Å². The van der Waals surface area contributed by atoms with Gasteiger partial charge in [0.15, 0.2) is 0 Å². The van der Waals surface area contributed by atoms with Crippen molar-refractivity contribution in [2.45, 2.75) is 25.4 Å². The zero-order valence-corrected chi connectivity index (χ0v) is 10.4. The molecule has 2 rings (SSSR count). The number of anilines is 1. The highest BCUT2D eigenvalue weighted by Gasteiger charge is 2.13. The van der Waals surface area contributed by atoms with Gasteiger partial charge in [-0.2, -0.15) is 0 Å². The molecule has 1 aromatic heterocycles. The number of hydrogen-bond acceptors (Lipinski definition) is 4.